The molecule has 0 bridgehead atoms. The van der Waals surface area contributed by atoms with Gasteiger partial charge in [0.2, 0.25) is 5.91 Å². The van der Waals surface area contributed by atoms with Gasteiger partial charge in [0.15, 0.2) is 0 Å². The minimum Gasteiger partial charge on any atom is -0.388 e. The number of aromatic nitrogens is 2. The Morgan fingerprint density at radius 3 is 2.62 bits per heavy atom. The fourth-order valence-electron chi connectivity index (χ4n) is 5.53. The van der Waals surface area contributed by atoms with Crippen LogP contribution in [0.4, 0.5) is 10.2 Å². The number of anilines is 1. The van der Waals surface area contributed by atoms with Crippen molar-refractivity contribution in [1.29, 1.82) is 0 Å². The van der Waals surface area contributed by atoms with Crippen LogP contribution in [0.3, 0.4) is 0 Å². The van der Waals surface area contributed by atoms with Crippen LogP contribution in [0.5, 0.6) is 0 Å². The molecule has 0 unspecified atom stereocenters. The monoisotopic (exact) mass is 533 g/mol. The molecular weight excluding hydrogens is 497 g/mol. The summed E-state index contributed by atoms with van der Waals surface area (Å²) in [5, 5.41) is 14.3. The van der Waals surface area contributed by atoms with Crippen molar-refractivity contribution in [1.82, 2.24) is 19.4 Å². The summed E-state index contributed by atoms with van der Waals surface area (Å²) < 4.78 is 15.4. The molecule has 3 heterocycles. The number of amides is 1. The van der Waals surface area contributed by atoms with Crippen molar-refractivity contribution in [3.63, 3.8) is 0 Å². The molecular formula is C30H36FN5O3. The molecule has 5 rings (SSSR count). The third kappa shape index (κ3) is 6.54. The number of likely N-dealkylation sites (tertiary alicyclic amines) is 1. The van der Waals surface area contributed by atoms with Gasteiger partial charge in [-0.3, -0.25) is 19.1 Å². The largest absolute Gasteiger partial charge is 0.388 e. The van der Waals surface area contributed by atoms with Gasteiger partial charge in [0.1, 0.15) is 11.6 Å². The SMILES string of the molecule is C[C@H](CC(=O)N1CCC(O)(Cn2cnc(NCCN3Cc4cccc(F)c4C3)cc2=O)CC1)c1ccccc1. The Hall–Kier alpha value is -3.56. The standard InChI is InChI=1S/C30H36FN5O3/c1-22(23-6-3-2-4-7-23)16-28(37)35-13-10-30(39,11-14-35)20-36-21-33-27(17-29(36)38)32-12-15-34-18-24-8-5-9-26(31)25(24)19-34/h2-9,17,21-22,32,39H,10-16,18-20H2,1H3/t22-/m1/s1. The van der Waals surface area contributed by atoms with Crippen molar-refractivity contribution in [3.05, 3.63) is 93.8 Å². The van der Waals surface area contributed by atoms with E-state index in [9.17, 15) is 19.1 Å². The highest BCUT2D eigenvalue weighted by Crippen LogP contribution is 2.27. The quantitative estimate of drug-likeness (QED) is 0.439. The lowest BCUT2D eigenvalue weighted by molar-refractivity contribution is -0.136. The van der Waals surface area contributed by atoms with E-state index in [1.807, 2.05) is 41.3 Å². The number of hydrogen-bond donors (Lipinski definition) is 2. The first-order valence-electron chi connectivity index (χ1n) is 13.6. The second-order valence-corrected chi connectivity index (χ2v) is 10.9. The van der Waals surface area contributed by atoms with Gasteiger partial charge < -0.3 is 15.3 Å². The molecule has 2 aliphatic heterocycles. The number of aliphatic hydroxyl groups is 1. The van der Waals surface area contributed by atoms with Crippen molar-refractivity contribution >= 4 is 11.7 Å². The van der Waals surface area contributed by atoms with Gasteiger partial charge in [-0.15, -0.1) is 0 Å². The van der Waals surface area contributed by atoms with Gasteiger partial charge in [-0.2, -0.15) is 0 Å². The second kappa shape index (κ2) is 11.7. The zero-order valence-electron chi connectivity index (χ0n) is 22.4. The number of rotatable bonds is 9. The van der Waals surface area contributed by atoms with Gasteiger partial charge in [-0.05, 0) is 36.0 Å². The summed E-state index contributed by atoms with van der Waals surface area (Å²) >= 11 is 0. The van der Waals surface area contributed by atoms with E-state index in [1.54, 1.807) is 6.07 Å². The smallest absolute Gasteiger partial charge is 0.255 e. The molecule has 1 fully saturated rings. The Morgan fingerprint density at radius 2 is 1.90 bits per heavy atom. The first-order chi connectivity index (χ1) is 18.8. The fraction of sp³-hybridized carbons (Fsp3) is 0.433. The van der Waals surface area contributed by atoms with Gasteiger partial charge >= 0.3 is 0 Å². The fourth-order valence-corrected chi connectivity index (χ4v) is 5.53. The predicted molar refractivity (Wildman–Crippen MR) is 148 cm³/mol. The predicted octanol–water partition coefficient (Wildman–Crippen LogP) is 3.36. The van der Waals surface area contributed by atoms with E-state index in [2.05, 4.69) is 22.1 Å². The average molecular weight is 534 g/mol. The first kappa shape index (κ1) is 27.0. The van der Waals surface area contributed by atoms with Gasteiger partial charge in [0.25, 0.3) is 5.56 Å². The summed E-state index contributed by atoms with van der Waals surface area (Å²) in [4.78, 5) is 33.9. The summed E-state index contributed by atoms with van der Waals surface area (Å²) in [6.45, 7) is 5.66. The highest BCUT2D eigenvalue weighted by molar-refractivity contribution is 5.77. The zero-order valence-corrected chi connectivity index (χ0v) is 22.4. The van der Waals surface area contributed by atoms with Crippen molar-refractivity contribution in [3.8, 4) is 0 Å². The van der Waals surface area contributed by atoms with E-state index in [1.165, 1.54) is 23.0 Å². The van der Waals surface area contributed by atoms with Crippen molar-refractivity contribution in [2.75, 3.05) is 31.5 Å². The van der Waals surface area contributed by atoms with Crippen molar-refractivity contribution < 1.29 is 14.3 Å². The van der Waals surface area contributed by atoms with Crippen molar-refractivity contribution in [2.45, 2.75) is 57.3 Å². The maximum Gasteiger partial charge on any atom is 0.255 e. The van der Waals surface area contributed by atoms with Crippen LogP contribution in [0.15, 0.2) is 65.7 Å². The Kier molecular flexibility index (Phi) is 8.09. The van der Waals surface area contributed by atoms with Crippen LogP contribution in [0.2, 0.25) is 0 Å². The van der Waals surface area contributed by atoms with Crippen molar-refractivity contribution in [2.24, 2.45) is 0 Å². The van der Waals surface area contributed by atoms with Crippen LogP contribution in [0.25, 0.3) is 0 Å². The third-order valence-electron chi connectivity index (χ3n) is 7.97. The minimum absolute atomic E-state index is 0.0885. The molecule has 206 valence electrons. The van der Waals surface area contributed by atoms with Crippen LogP contribution >= 0.6 is 0 Å². The van der Waals surface area contributed by atoms with Crippen LogP contribution in [-0.2, 0) is 24.4 Å². The molecule has 2 aliphatic rings. The van der Waals surface area contributed by atoms with Gasteiger partial charge in [0, 0.05) is 57.3 Å². The Bertz CT molecular complexity index is 1350. The summed E-state index contributed by atoms with van der Waals surface area (Å²) in [7, 11) is 0. The van der Waals surface area contributed by atoms with E-state index in [4.69, 9.17) is 0 Å². The molecule has 0 aliphatic carbocycles. The molecule has 9 heteroatoms. The van der Waals surface area contributed by atoms with E-state index in [-0.39, 0.29) is 29.7 Å². The summed E-state index contributed by atoms with van der Waals surface area (Å²) in [6.07, 6.45) is 2.71. The molecule has 2 aromatic carbocycles. The third-order valence-corrected chi connectivity index (χ3v) is 7.97. The lowest BCUT2D eigenvalue weighted by Gasteiger charge is -2.38. The number of fused-ring (bicyclic) bond motifs is 1. The summed E-state index contributed by atoms with van der Waals surface area (Å²) in [5.41, 5.74) is 1.61. The van der Waals surface area contributed by atoms with E-state index >= 15 is 0 Å². The molecule has 39 heavy (non-hydrogen) atoms. The normalized spacial score (nSPS) is 17.6. The molecule has 0 saturated carbocycles. The summed E-state index contributed by atoms with van der Waals surface area (Å²) in [5.74, 6) is 0.528. The van der Waals surface area contributed by atoms with Gasteiger partial charge in [0.05, 0.1) is 18.5 Å². The zero-order chi connectivity index (χ0) is 27.4. The molecule has 8 nitrogen and oxygen atoms in total. The number of halogens is 1. The Morgan fingerprint density at radius 1 is 1.13 bits per heavy atom. The number of piperidine rings is 1. The molecule has 1 amide bonds. The van der Waals surface area contributed by atoms with Gasteiger partial charge in [-0.25, -0.2) is 9.37 Å². The topological polar surface area (TPSA) is 90.7 Å². The molecule has 1 atom stereocenters. The van der Waals surface area contributed by atoms with Crippen LogP contribution in [0, 0.1) is 5.82 Å². The Labute approximate surface area is 228 Å². The first-order valence-corrected chi connectivity index (χ1v) is 13.6. The lowest BCUT2D eigenvalue weighted by Crippen LogP contribution is -2.49. The molecule has 3 aromatic rings. The van der Waals surface area contributed by atoms with Crippen LogP contribution in [-0.4, -0.2) is 62.1 Å². The average Bonchev–Trinajstić information content (AvgIpc) is 3.35. The molecule has 2 N–H and O–H groups in total. The van der Waals surface area contributed by atoms with E-state index in [0.717, 1.165) is 16.7 Å². The second-order valence-electron chi connectivity index (χ2n) is 10.9. The van der Waals surface area contributed by atoms with E-state index < -0.39 is 5.60 Å². The number of nitrogens with zero attached hydrogens (tertiary/aromatic N) is 4. The molecule has 1 aromatic heterocycles. The molecule has 1 saturated heterocycles. The number of carbonyl (C=O) groups excluding carboxylic acids is 1. The maximum atomic E-state index is 14.0. The van der Waals surface area contributed by atoms with Crippen LogP contribution < -0.4 is 10.9 Å². The maximum absolute atomic E-state index is 14.0. The number of benzene rings is 2. The summed E-state index contributed by atoms with van der Waals surface area (Å²) in [6, 6.07) is 16.6. The highest BCUT2D eigenvalue weighted by atomic mass is 19.1. The highest BCUT2D eigenvalue weighted by Gasteiger charge is 2.35. The van der Waals surface area contributed by atoms with Crippen LogP contribution in [0.1, 0.15) is 48.8 Å². The number of carbonyl (C=O) groups is 1. The molecule has 0 spiro atoms. The minimum atomic E-state index is -1.07. The number of nitrogens with one attached hydrogen (secondary N) is 1. The van der Waals surface area contributed by atoms with Gasteiger partial charge in [-0.1, -0.05) is 49.4 Å². The van der Waals surface area contributed by atoms with E-state index in [0.29, 0.717) is 64.3 Å². The molecule has 0 radical (unpaired) electrons. The number of hydrogen-bond acceptors (Lipinski definition) is 6. The lowest BCUT2D eigenvalue weighted by atomic mass is 9.90. The Balaban J connectivity index is 1.08.